The van der Waals surface area contributed by atoms with Gasteiger partial charge in [-0.25, -0.2) is 4.79 Å². The molecule has 1 heterocycles. The van der Waals surface area contributed by atoms with Gasteiger partial charge >= 0.3 is 18.2 Å². The number of hydrogen-bond acceptors (Lipinski definition) is 2. The van der Waals surface area contributed by atoms with Gasteiger partial charge in [0.2, 0.25) is 0 Å². The Hall–Kier alpha value is -3.03. The molecule has 0 saturated carbocycles. The third kappa shape index (κ3) is 4.44. The van der Waals surface area contributed by atoms with Gasteiger partial charge in [-0.1, -0.05) is 30.3 Å². The van der Waals surface area contributed by atoms with Crippen molar-refractivity contribution in [3.8, 4) is 11.1 Å². The highest BCUT2D eigenvalue weighted by Crippen LogP contribution is 2.34. The Labute approximate surface area is 159 Å². The molecule has 28 heavy (non-hydrogen) atoms. The SMILES string of the molecule is O=C(O)CCNC(=O)N1CCc2c(cccc2-c2ccc(C(F)(F)F)cc2)C1. The van der Waals surface area contributed by atoms with E-state index < -0.39 is 17.7 Å². The van der Waals surface area contributed by atoms with Crippen molar-refractivity contribution in [1.82, 2.24) is 10.2 Å². The van der Waals surface area contributed by atoms with E-state index in [1.54, 1.807) is 4.90 Å². The summed E-state index contributed by atoms with van der Waals surface area (Å²) in [5.74, 6) is -0.981. The normalized spacial score (nSPS) is 13.8. The second-order valence-corrected chi connectivity index (χ2v) is 6.57. The van der Waals surface area contributed by atoms with Crippen LogP contribution >= 0.6 is 0 Å². The Bertz CT molecular complexity index is 879. The zero-order chi connectivity index (χ0) is 20.3. The van der Waals surface area contributed by atoms with Gasteiger partial charge in [0.1, 0.15) is 0 Å². The molecule has 1 aliphatic heterocycles. The number of amides is 2. The first kappa shape index (κ1) is 19.7. The molecule has 0 saturated heterocycles. The summed E-state index contributed by atoms with van der Waals surface area (Å²) in [5, 5.41) is 11.2. The van der Waals surface area contributed by atoms with Crippen LogP contribution in [-0.2, 0) is 23.9 Å². The van der Waals surface area contributed by atoms with Crippen molar-refractivity contribution in [3.63, 3.8) is 0 Å². The number of carbonyl (C=O) groups is 2. The summed E-state index contributed by atoms with van der Waals surface area (Å²) in [6, 6.07) is 10.3. The predicted molar refractivity (Wildman–Crippen MR) is 96.6 cm³/mol. The standard InChI is InChI=1S/C20H19F3N2O3/c21-20(22,23)15-6-4-13(5-7-15)16-3-1-2-14-12-25(11-9-17(14)16)19(28)24-10-8-18(26)27/h1-7H,8-12H2,(H,24,28)(H,26,27). The minimum Gasteiger partial charge on any atom is -0.481 e. The first-order valence-corrected chi connectivity index (χ1v) is 8.78. The van der Waals surface area contributed by atoms with Crippen molar-refractivity contribution < 1.29 is 27.9 Å². The average Bonchev–Trinajstić information content (AvgIpc) is 2.66. The van der Waals surface area contributed by atoms with Gasteiger partial charge in [0, 0.05) is 19.6 Å². The Morgan fingerprint density at radius 1 is 1.11 bits per heavy atom. The van der Waals surface area contributed by atoms with Crippen LogP contribution in [0, 0.1) is 0 Å². The molecular weight excluding hydrogens is 373 g/mol. The number of carbonyl (C=O) groups excluding carboxylic acids is 1. The molecule has 1 aliphatic rings. The smallest absolute Gasteiger partial charge is 0.416 e. The fourth-order valence-corrected chi connectivity index (χ4v) is 3.28. The van der Waals surface area contributed by atoms with E-state index in [1.807, 2.05) is 18.2 Å². The molecule has 0 fully saturated rings. The van der Waals surface area contributed by atoms with Crippen molar-refractivity contribution in [2.75, 3.05) is 13.1 Å². The Morgan fingerprint density at radius 3 is 2.46 bits per heavy atom. The molecule has 3 rings (SSSR count). The summed E-state index contributed by atoms with van der Waals surface area (Å²) >= 11 is 0. The first-order valence-electron chi connectivity index (χ1n) is 8.78. The number of aliphatic carboxylic acids is 1. The van der Waals surface area contributed by atoms with Gasteiger partial charge in [-0.15, -0.1) is 0 Å². The van der Waals surface area contributed by atoms with Crippen molar-refractivity contribution in [1.29, 1.82) is 0 Å². The zero-order valence-corrected chi connectivity index (χ0v) is 14.9. The van der Waals surface area contributed by atoms with Gasteiger partial charge < -0.3 is 15.3 Å². The van der Waals surface area contributed by atoms with Crippen LogP contribution in [0.15, 0.2) is 42.5 Å². The lowest BCUT2D eigenvalue weighted by Crippen LogP contribution is -2.43. The number of benzene rings is 2. The van der Waals surface area contributed by atoms with Crippen LogP contribution in [0.3, 0.4) is 0 Å². The van der Waals surface area contributed by atoms with Crippen molar-refractivity contribution >= 4 is 12.0 Å². The summed E-state index contributed by atoms with van der Waals surface area (Å²) in [6.45, 7) is 0.870. The maximum Gasteiger partial charge on any atom is 0.416 e. The lowest BCUT2D eigenvalue weighted by atomic mass is 9.90. The molecular formula is C20H19F3N2O3. The highest BCUT2D eigenvalue weighted by molar-refractivity contribution is 5.76. The Balaban J connectivity index is 1.76. The van der Waals surface area contributed by atoms with E-state index in [-0.39, 0.29) is 19.0 Å². The number of nitrogens with zero attached hydrogens (tertiary/aromatic N) is 1. The van der Waals surface area contributed by atoms with E-state index in [9.17, 15) is 22.8 Å². The van der Waals surface area contributed by atoms with E-state index in [0.29, 0.717) is 25.1 Å². The van der Waals surface area contributed by atoms with Gasteiger partial charge in [0.15, 0.2) is 0 Å². The number of alkyl halides is 3. The van der Waals surface area contributed by atoms with Crippen molar-refractivity contribution in [2.45, 2.75) is 25.6 Å². The number of carboxylic acid groups (broad SMARTS) is 1. The second kappa shape index (κ2) is 7.92. The van der Waals surface area contributed by atoms with Crippen LogP contribution in [0.5, 0.6) is 0 Å². The van der Waals surface area contributed by atoms with Gasteiger partial charge in [0.05, 0.1) is 12.0 Å². The molecule has 0 aliphatic carbocycles. The quantitative estimate of drug-likeness (QED) is 0.829. The van der Waals surface area contributed by atoms with E-state index >= 15 is 0 Å². The number of halogens is 3. The minimum atomic E-state index is -4.37. The summed E-state index contributed by atoms with van der Waals surface area (Å²) < 4.78 is 38.3. The van der Waals surface area contributed by atoms with E-state index in [0.717, 1.165) is 28.8 Å². The third-order valence-electron chi connectivity index (χ3n) is 4.69. The van der Waals surface area contributed by atoms with Gasteiger partial charge in [-0.05, 0) is 40.8 Å². The summed E-state index contributed by atoms with van der Waals surface area (Å²) in [6.07, 6.45) is -3.95. The number of carboxylic acids is 1. The molecule has 0 spiro atoms. The fraction of sp³-hybridized carbons (Fsp3) is 0.300. The summed E-state index contributed by atoms with van der Waals surface area (Å²) in [7, 11) is 0. The largest absolute Gasteiger partial charge is 0.481 e. The molecule has 2 aromatic rings. The molecule has 0 atom stereocenters. The highest BCUT2D eigenvalue weighted by Gasteiger charge is 2.30. The molecule has 0 aromatic heterocycles. The van der Waals surface area contributed by atoms with Crippen LogP contribution in [0.25, 0.3) is 11.1 Å². The minimum absolute atomic E-state index is 0.0586. The predicted octanol–water partition coefficient (Wildman–Crippen LogP) is 3.91. The summed E-state index contributed by atoms with van der Waals surface area (Å²) in [5.41, 5.74) is 2.81. The van der Waals surface area contributed by atoms with Crippen LogP contribution in [0.1, 0.15) is 23.1 Å². The van der Waals surface area contributed by atoms with Gasteiger partial charge in [0.25, 0.3) is 0 Å². The van der Waals surface area contributed by atoms with Gasteiger partial charge in [-0.3, -0.25) is 4.79 Å². The third-order valence-corrected chi connectivity index (χ3v) is 4.69. The van der Waals surface area contributed by atoms with Crippen LogP contribution in [0.2, 0.25) is 0 Å². The Morgan fingerprint density at radius 2 is 1.82 bits per heavy atom. The lowest BCUT2D eigenvalue weighted by Gasteiger charge is -2.30. The molecule has 5 nitrogen and oxygen atoms in total. The van der Waals surface area contributed by atoms with Crippen molar-refractivity contribution in [3.05, 3.63) is 59.2 Å². The van der Waals surface area contributed by atoms with Gasteiger partial charge in [-0.2, -0.15) is 13.2 Å². The number of urea groups is 1. The molecule has 2 N–H and O–H groups in total. The van der Waals surface area contributed by atoms with Crippen LogP contribution < -0.4 is 5.32 Å². The van der Waals surface area contributed by atoms with Crippen LogP contribution in [0.4, 0.5) is 18.0 Å². The van der Waals surface area contributed by atoms with E-state index in [4.69, 9.17) is 5.11 Å². The molecule has 2 aromatic carbocycles. The monoisotopic (exact) mass is 392 g/mol. The molecule has 0 radical (unpaired) electrons. The number of fused-ring (bicyclic) bond motifs is 1. The Kier molecular flexibility index (Phi) is 5.58. The number of hydrogen-bond donors (Lipinski definition) is 2. The molecule has 8 heteroatoms. The summed E-state index contributed by atoms with van der Waals surface area (Å²) in [4.78, 5) is 24.3. The van der Waals surface area contributed by atoms with E-state index in [1.165, 1.54) is 12.1 Å². The topological polar surface area (TPSA) is 69.6 Å². The molecule has 2 amide bonds. The average molecular weight is 392 g/mol. The second-order valence-electron chi connectivity index (χ2n) is 6.57. The highest BCUT2D eigenvalue weighted by atomic mass is 19.4. The molecule has 0 bridgehead atoms. The molecule has 0 unspecified atom stereocenters. The maximum atomic E-state index is 12.8. The number of nitrogens with one attached hydrogen (secondary N) is 1. The maximum absolute atomic E-state index is 12.8. The first-order chi connectivity index (χ1) is 13.3. The van der Waals surface area contributed by atoms with Crippen molar-refractivity contribution in [2.24, 2.45) is 0 Å². The lowest BCUT2D eigenvalue weighted by molar-refractivity contribution is -0.138. The molecule has 148 valence electrons. The van der Waals surface area contributed by atoms with E-state index in [2.05, 4.69) is 5.32 Å². The fourth-order valence-electron chi connectivity index (χ4n) is 3.28. The zero-order valence-electron chi connectivity index (χ0n) is 14.9. The van der Waals surface area contributed by atoms with Crippen LogP contribution in [-0.4, -0.2) is 35.1 Å². The number of rotatable bonds is 4.